The van der Waals surface area contributed by atoms with Gasteiger partial charge in [-0.1, -0.05) is 18.9 Å². The second-order valence-corrected chi connectivity index (χ2v) is 4.71. The summed E-state index contributed by atoms with van der Waals surface area (Å²) >= 11 is 0. The zero-order valence-electron chi connectivity index (χ0n) is 9.86. The van der Waals surface area contributed by atoms with Crippen molar-refractivity contribution in [2.75, 3.05) is 6.54 Å². The van der Waals surface area contributed by atoms with Crippen LogP contribution in [0.25, 0.3) is 0 Å². The van der Waals surface area contributed by atoms with Crippen LogP contribution in [0.5, 0.6) is 0 Å². The molecule has 0 heterocycles. The van der Waals surface area contributed by atoms with Gasteiger partial charge >= 0.3 is 6.18 Å². The summed E-state index contributed by atoms with van der Waals surface area (Å²) in [4.78, 5) is 0. The highest BCUT2D eigenvalue weighted by molar-refractivity contribution is 5.30. The van der Waals surface area contributed by atoms with E-state index in [1.54, 1.807) is 0 Å². The minimum absolute atomic E-state index is 0.0969. The van der Waals surface area contributed by atoms with E-state index in [0.717, 1.165) is 18.4 Å². The predicted molar refractivity (Wildman–Crippen MR) is 60.4 cm³/mol. The molecular formula is C13H15F4N. The summed E-state index contributed by atoms with van der Waals surface area (Å²) in [5, 5.41) is 2.98. The maximum atomic E-state index is 12.9. The van der Waals surface area contributed by atoms with Crippen LogP contribution in [0.2, 0.25) is 0 Å². The summed E-state index contributed by atoms with van der Waals surface area (Å²) in [6.45, 7) is 0.835. The molecule has 1 fully saturated rings. The molecule has 1 N–H and O–H groups in total. The van der Waals surface area contributed by atoms with Crippen molar-refractivity contribution in [1.82, 2.24) is 5.32 Å². The van der Waals surface area contributed by atoms with Crippen molar-refractivity contribution < 1.29 is 17.6 Å². The molecule has 1 saturated carbocycles. The molecular weight excluding hydrogens is 246 g/mol. The zero-order chi connectivity index (χ0) is 13.2. The molecule has 1 aliphatic carbocycles. The van der Waals surface area contributed by atoms with Crippen molar-refractivity contribution in [3.8, 4) is 0 Å². The molecule has 18 heavy (non-hydrogen) atoms. The van der Waals surface area contributed by atoms with Crippen molar-refractivity contribution in [3.63, 3.8) is 0 Å². The Bertz CT molecular complexity index is 410. The van der Waals surface area contributed by atoms with Gasteiger partial charge in [0.2, 0.25) is 0 Å². The molecule has 0 atom stereocenters. The number of hydrogen-bond donors (Lipinski definition) is 1. The first-order chi connectivity index (χ1) is 8.47. The molecule has 0 radical (unpaired) electrons. The van der Waals surface area contributed by atoms with Crippen molar-refractivity contribution in [3.05, 3.63) is 35.1 Å². The number of halogens is 4. The van der Waals surface area contributed by atoms with Crippen LogP contribution in [0.3, 0.4) is 0 Å². The monoisotopic (exact) mass is 261 g/mol. The maximum absolute atomic E-state index is 12.9. The lowest BCUT2D eigenvalue weighted by Gasteiger charge is -2.13. The van der Waals surface area contributed by atoms with Crippen LogP contribution in [-0.4, -0.2) is 6.54 Å². The van der Waals surface area contributed by atoms with Gasteiger partial charge in [0, 0.05) is 6.54 Å². The van der Waals surface area contributed by atoms with Crippen molar-refractivity contribution in [2.45, 2.75) is 32.0 Å². The van der Waals surface area contributed by atoms with Crippen LogP contribution in [0.4, 0.5) is 17.6 Å². The van der Waals surface area contributed by atoms with E-state index in [-0.39, 0.29) is 12.1 Å². The summed E-state index contributed by atoms with van der Waals surface area (Å²) in [5.41, 5.74) is -0.791. The second-order valence-electron chi connectivity index (χ2n) is 4.71. The number of nitrogens with one attached hydrogen (secondary N) is 1. The number of rotatable bonds is 5. The fraction of sp³-hybridized carbons (Fsp3) is 0.538. The van der Waals surface area contributed by atoms with Gasteiger partial charge in [-0.25, -0.2) is 4.39 Å². The third-order valence-corrected chi connectivity index (χ3v) is 3.12. The van der Waals surface area contributed by atoms with Gasteiger partial charge in [0.25, 0.3) is 0 Å². The van der Waals surface area contributed by atoms with E-state index in [0.29, 0.717) is 12.6 Å². The highest BCUT2D eigenvalue weighted by atomic mass is 19.4. The smallest absolute Gasteiger partial charge is 0.313 e. The average molecular weight is 261 g/mol. The van der Waals surface area contributed by atoms with Gasteiger partial charge in [0.15, 0.2) is 0 Å². The van der Waals surface area contributed by atoms with Crippen LogP contribution in [0.15, 0.2) is 18.2 Å². The van der Waals surface area contributed by atoms with Gasteiger partial charge in [-0.05, 0) is 36.6 Å². The summed E-state index contributed by atoms with van der Waals surface area (Å²) in [6, 6.07) is 2.81. The first-order valence-corrected chi connectivity index (χ1v) is 6.03. The van der Waals surface area contributed by atoms with E-state index >= 15 is 0 Å². The summed E-state index contributed by atoms with van der Waals surface area (Å²) in [6.07, 6.45) is -1.05. The minimum atomic E-state index is -4.50. The Morgan fingerprint density at radius 2 is 1.94 bits per heavy atom. The Morgan fingerprint density at radius 3 is 2.56 bits per heavy atom. The molecule has 100 valence electrons. The highest BCUT2D eigenvalue weighted by Gasteiger charge is 2.33. The minimum Gasteiger partial charge on any atom is -0.313 e. The number of hydrogen-bond acceptors (Lipinski definition) is 1. The van der Waals surface area contributed by atoms with Crippen molar-refractivity contribution in [1.29, 1.82) is 0 Å². The Labute approximate surface area is 103 Å². The topological polar surface area (TPSA) is 12.0 Å². The summed E-state index contributed by atoms with van der Waals surface area (Å²) in [7, 11) is 0. The fourth-order valence-electron chi connectivity index (χ4n) is 1.90. The largest absolute Gasteiger partial charge is 0.416 e. The Hall–Kier alpha value is -1.10. The molecule has 2 rings (SSSR count). The van der Waals surface area contributed by atoms with Crippen molar-refractivity contribution in [2.24, 2.45) is 5.92 Å². The Balaban J connectivity index is 1.97. The van der Waals surface area contributed by atoms with Crippen LogP contribution in [0, 0.1) is 11.7 Å². The van der Waals surface area contributed by atoms with E-state index < -0.39 is 17.6 Å². The van der Waals surface area contributed by atoms with Gasteiger partial charge in [-0.2, -0.15) is 13.2 Å². The average Bonchev–Trinajstić information content (AvgIpc) is 3.08. The Kier molecular flexibility index (Phi) is 3.90. The lowest BCUT2D eigenvalue weighted by molar-refractivity contribution is -0.138. The fourth-order valence-corrected chi connectivity index (χ4v) is 1.90. The third kappa shape index (κ3) is 3.70. The van der Waals surface area contributed by atoms with Gasteiger partial charge in [0.1, 0.15) is 5.82 Å². The lowest BCUT2D eigenvalue weighted by atomic mass is 10.1. The second kappa shape index (κ2) is 5.26. The molecule has 1 aromatic rings. The molecule has 1 aliphatic rings. The van der Waals surface area contributed by atoms with Crippen molar-refractivity contribution >= 4 is 0 Å². The van der Waals surface area contributed by atoms with Crippen LogP contribution < -0.4 is 5.32 Å². The predicted octanol–water partition coefficient (Wildman–Crippen LogP) is 3.73. The maximum Gasteiger partial charge on any atom is 0.416 e. The molecule has 0 bridgehead atoms. The van der Waals surface area contributed by atoms with E-state index in [1.807, 2.05) is 0 Å². The van der Waals surface area contributed by atoms with Gasteiger partial charge in [0.05, 0.1) is 5.56 Å². The molecule has 0 saturated heterocycles. The van der Waals surface area contributed by atoms with Gasteiger partial charge < -0.3 is 5.32 Å². The molecule has 0 aliphatic heterocycles. The van der Waals surface area contributed by atoms with E-state index in [2.05, 4.69) is 5.32 Å². The molecule has 0 aromatic heterocycles. The molecule has 1 aromatic carbocycles. The quantitative estimate of drug-likeness (QED) is 0.629. The van der Waals surface area contributed by atoms with Gasteiger partial charge in [-0.15, -0.1) is 0 Å². The van der Waals surface area contributed by atoms with E-state index in [1.165, 1.54) is 18.9 Å². The zero-order valence-corrected chi connectivity index (χ0v) is 9.86. The lowest BCUT2D eigenvalue weighted by Crippen LogP contribution is -2.19. The van der Waals surface area contributed by atoms with Crippen LogP contribution in [0.1, 0.15) is 30.4 Å². The first-order valence-electron chi connectivity index (χ1n) is 6.03. The summed E-state index contributed by atoms with van der Waals surface area (Å²) < 4.78 is 50.9. The van der Waals surface area contributed by atoms with E-state index in [9.17, 15) is 17.6 Å². The highest BCUT2D eigenvalue weighted by Crippen LogP contribution is 2.33. The number of alkyl halides is 3. The SMILES string of the molecule is Fc1ccc(CNCCC2CC2)c(C(F)(F)F)c1. The molecule has 0 amide bonds. The molecule has 0 unspecified atom stereocenters. The number of benzene rings is 1. The third-order valence-electron chi connectivity index (χ3n) is 3.12. The summed E-state index contributed by atoms with van der Waals surface area (Å²) in [5.74, 6) is -0.114. The van der Waals surface area contributed by atoms with E-state index in [4.69, 9.17) is 0 Å². The standard InChI is InChI=1S/C13H15F4N/c14-11-4-3-10(12(7-11)13(15,16)17)8-18-6-5-9-1-2-9/h3-4,7,9,18H,1-2,5-6,8H2. The normalized spacial score (nSPS) is 16.0. The first kappa shape index (κ1) is 13.3. The van der Waals surface area contributed by atoms with Crippen LogP contribution >= 0.6 is 0 Å². The molecule has 5 heteroatoms. The Morgan fingerprint density at radius 1 is 1.22 bits per heavy atom. The molecule has 1 nitrogen and oxygen atoms in total. The molecule has 0 spiro atoms. The van der Waals surface area contributed by atoms with Crippen LogP contribution in [-0.2, 0) is 12.7 Å². The van der Waals surface area contributed by atoms with Gasteiger partial charge in [-0.3, -0.25) is 0 Å².